The number of aromatic nitrogens is 1. The lowest BCUT2D eigenvalue weighted by Crippen LogP contribution is -2.27. The molecule has 9 heteroatoms. The van der Waals surface area contributed by atoms with E-state index in [4.69, 9.17) is 4.74 Å². The second kappa shape index (κ2) is 8.81. The van der Waals surface area contributed by atoms with E-state index in [-0.39, 0.29) is 12.3 Å². The van der Waals surface area contributed by atoms with Gasteiger partial charge in [0.2, 0.25) is 11.8 Å². The molecule has 2 aromatic heterocycles. The van der Waals surface area contributed by atoms with Crippen LogP contribution in [0.5, 0.6) is 5.88 Å². The molecule has 29 heavy (non-hydrogen) atoms. The zero-order valence-corrected chi connectivity index (χ0v) is 17.8. The van der Waals surface area contributed by atoms with Gasteiger partial charge in [0.05, 0.1) is 13.0 Å². The summed E-state index contributed by atoms with van der Waals surface area (Å²) in [6.07, 6.45) is 6.15. The molecule has 2 aromatic rings. The molecule has 0 unspecified atom stereocenters. The lowest BCUT2D eigenvalue weighted by Gasteiger charge is -2.13. The highest BCUT2D eigenvalue weighted by Crippen LogP contribution is 2.29. The molecule has 3 heterocycles. The Bertz CT molecular complexity index is 946. The Kier molecular flexibility index (Phi) is 6.17. The van der Waals surface area contributed by atoms with Crippen LogP contribution in [0.25, 0.3) is 0 Å². The first-order valence-electron chi connectivity index (χ1n) is 9.94. The zero-order chi connectivity index (χ0) is 20.3. The van der Waals surface area contributed by atoms with Crippen LogP contribution in [0.4, 0.5) is 0 Å². The van der Waals surface area contributed by atoms with E-state index in [2.05, 4.69) is 10.3 Å². The van der Waals surface area contributed by atoms with Crippen LogP contribution in [-0.2, 0) is 27.8 Å². The normalized spacial score (nSPS) is 17.4. The Hall–Kier alpha value is -1.97. The molecule has 2 aliphatic rings. The number of thiophene rings is 1. The molecule has 0 aromatic carbocycles. The first-order chi connectivity index (χ1) is 14.0. The van der Waals surface area contributed by atoms with Crippen LogP contribution in [-0.4, -0.2) is 43.3 Å². The highest BCUT2D eigenvalue weighted by atomic mass is 32.2. The minimum Gasteiger partial charge on any atom is -0.477 e. The molecule has 1 aliphatic carbocycles. The summed E-state index contributed by atoms with van der Waals surface area (Å²) in [4.78, 5) is 17.2. The smallest absolute Gasteiger partial charge is 0.252 e. The van der Waals surface area contributed by atoms with Gasteiger partial charge in [0, 0.05) is 36.8 Å². The Morgan fingerprint density at radius 1 is 1.21 bits per heavy atom. The summed E-state index contributed by atoms with van der Waals surface area (Å²) in [5.41, 5.74) is 0.889. The van der Waals surface area contributed by atoms with E-state index >= 15 is 0 Å². The van der Waals surface area contributed by atoms with Gasteiger partial charge >= 0.3 is 0 Å². The molecule has 1 amide bonds. The van der Waals surface area contributed by atoms with E-state index < -0.39 is 10.0 Å². The number of ether oxygens (including phenoxy) is 1. The van der Waals surface area contributed by atoms with Gasteiger partial charge in [0.1, 0.15) is 4.21 Å². The fraction of sp³-hybridized carbons (Fsp3) is 0.500. The fourth-order valence-corrected chi connectivity index (χ4v) is 6.18. The third-order valence-corrected chi connectivity index (χ3v) is 8.53. The van der Waals surface area contributed by atoms with Crippen LogP contribution in [0.2, 0.25) is 0 Å². The minimum absolute atomic E-state index is 0.147. The number of hydrogen-bond acceptors (Lipinski definition) is 6. The molecule has 0 atom stereocenters. The molecule has 7 nitrogen and oxygen atoms in total. The van der Waals surface area contributed by atoms with Gasteiger partial charge < -0.3 is 10.1 Å². The third kappa shape index (κ3) is 5.34. The van der Waals surface area contributed by atoms with Crippen molar-refractivity contribution in [3.63, 3.8) is 0 Å². The third-order valence-electron chi connectivity index (χ3n) is 5.08. The largest absolute Gasteiger partial charge is 0.477 e. The highest BCUT2D eigenvalue weighted by molar-refractivity contribution is 7.91. The van der Waals surface area contributed by atoms with Gasteiger partial charge in [-0.15, -0.1) is 11.3 Å². The number of carbonyl (C=O) groups excluding carboxylic acids is 1. The second-order valence-electron chi connectivity index (χ2n) is 7.54. The number of hydrogen-bond donors (Lipinski definition) is 1. The van der Waals surface area contributed by atoms with Crippen molar-refractivity contribution in [2.75, 3.05) is 19.7 Å². The van der Waals surface area contributed by atoms with Gasteiger partial charge in [-0.25, -0.2) is 13.4 Å². The first kappa shape index (κ1) is 20.3. The van der Waals surface area contributed by atoms with Crippen molar-refractivity contribution in [1.82, 2.24) is 14.6 Å². The standard InChI is InChI=1S/C20H25N3O4S2/c24-18(21-12-16-5-7-19(22-13-16)27-14-15-3-4-15)11-17-6-8-20(28-17)29(25,26)23-9-1-2-10-23/h5-8,13,15H,1-4,9-12,14H2,(H,21,24). The molecule has 156 valence electrons. The van der Waals surface area contributed by atoms with Crippen molar-refractivity contribution in [3.8, 4) is 5.88 Å². The van der Waals surface area contributed by atoms with Crippen molar-refractivity contribution in [2.24, 2.45) is 5.92 Å². The maximum absolute atomic E-state index is 12.6. The Balaban J connectivity index is 1.26. The molecule has 2 fully saturated rings. The quantitative estimate of drug-likeness (QED) is 0.654. The van der Waals surface area contributed by atoms with Crippen molar-refractivity contribution in [3.05, 3.63) is 40.9 Å². The van der Waals surface area contributed by atoms with E-state index in [0.717, 1.165) is 29.9 Å². The van der Waals surface area contributed by atoms with Gasteiger partial charge in [0.15, 0.2) is 0 Å². The number of amides is 1. The molecule has 1 aliphatic heterocycles. The lowest BCUT2D eigenvalue weighted by atomic mass is 10.2. The summed E-state index contributed by atoms with van der Waals surface area (Å²) in [5.74, 6) is 1.14. The fourth-order valence-electron chi connectivity index (χ4n) is 3.16. The molecular formula is C20H25N3O4S2. The van der Waals surface area contributed by atoms with E-state index in [1.165, 1.54) is 28.5 Å². The zero-order valence-electron chi connectivity index (χ0n) is 16.2. The Morgan fingerprint density at radius 2 is 2.00 bits per heavy atom. The summed E-state index contributed by atoms with van der Waals surface area (Å²) in [5, 5.41) is 2.86. The monoisotopic (exact) mass is 435 g/mol. The number of nitrogens with zero attached hydrogens (tertiary/aromatic N) is 2. The second-order valence-corrected chi connectivity index (χ2v) is 10.9. The first-order valence-corrected chi connectivity index (χ1v) is 12.2. The van der Waals surface area contributed by atoms with Gasteiger partial charge in [0.25, 0.3) is 10.0 Å². The summed E-state index contributed by atoms with van der Waals surface area (Å²) in [7, 11) is -3.42. The highest BCUT2D eigenvalue weighted by Gasteiger charge is 2.28. The van der Waals surface area contributed by atoms with Gasteiger partial charge in [-0.3, -0.25) is 4.79 Å². The van der Waals surface area contributed by atoms with E-state index in [0.29, 0.717) is 35.6 Å². The molecule has 0 bridgehead atoms. The minimum atomic E-state index is -3.42. The van der Waals surface area contributed by atoms with Crippen LogP contribution in [0.1, 0.15) is 36.1 Å². The number of carbonyl (C=O) groups is 1. The lowest BCUT2D eigenvalue weighted by molar-refractivity contribution is -0.120. The van der Waals surface area contributed by atoms with E-state index in [1.807, 2.05) is 12.1 Å². The molecule has 0 spiro atoms. The van der Waals surface area contributed by atoms with Crippen molar-refractivity contribution >= 4 is 27.3 Å². The van der Waals surface area contributed by atoms with Crippen molar-refractivity contribution < 1.29 is 17.9 Å². The van der Waals surface area contributed by atoms with E-state index in [1.54, 1.807) is 18.3 Å². The van der Waals surface area contributed by atoms with Crippen LogP contribution in [0.15, 0.2) is 34.7 Å². The van der Waals surface area contributed by atoms with Crippen LogP contribution < -0.4 is 10.1 Å². The van der Waals surface area contributed by atoms with Crippen molar-refractivity contribution in [2.45, 2.75) is 42.9 Å². The number of rotatable bonds is 9. The van der Waals surface area contributed by atoms with Crippen molar-refractivity contribution in [1.29, 1.82) is 0 Å². The molecule has 1 saturated carbocycles. The van der Waals surface area contributed by atoms with Crippen LogP contribution in [0, 0.1) is 5.92 Å². The molecule has 1 N–H and O–H groups in total. The molecule has 0 radical (unpaired) electrons. The topological polar surface area (TPSA) is 88.6 Å². The molecule has 4 rings (SSSR count). The summed E-state index contributed by atoms with van der Waals surface area (Å²) >= 11 is 1.17. The van der Waals surface area contributed by atoms with Crippen LogP contribution in [0.3, 0.4) is 0 Å². The molecule has 1 saturated heterocycles. The van der Waals surface area contributed by atoms with Gasteiger partial charge in [-0.1, -0.05) is 6.07 Å². The maximum Gasteiger partial charge on any atom is 0.252 e. The van der Waals surface area contributed by atoms with Gasteiger partial charge in [-0.05, 0) is 49.3 Å². The number of nitrogens with one attached hydrogen (secondary N) is 1. The van der Waals surface area contributed by atoms with Crippen LogP contribution >= 0.6 is 11.3 Å². The van der Waals surface area contributed by atoms with Gasteiger partial charge in [-0.2, -0.15) is 4.31 Å². The predicted molar refractivity (Wildman–Crippen MR) is 110 cm³/mol. The number of sulfonamides is 1. The molecular weight excluding hydrogens is 410 g/mol. The average molecular weight is 436 g/mol. The number of pyridine rings is 1. The Labute approximate surface area is 175 Å². The summed E-state index contributed by atoms with van der Waals surface area (Å²) in [6.45, 7) is 2.25. The predicted octanol–water partition coefficient (Wildman–Crippen LogP) is 2.58. The summed E-state index contributed by atoms with van der Waals surface area (Å²) in [6, 6.07) is 7.03. The van der Waals surface area contributed by atoms with E-state index in [9.17, 15) is 13.2 Å². The SMILES string of the molecule is O=C(Cc1ccc(S(=O)(=O)N2CCCC2)s1)NCc1ccc(OCC2CC2)nc1. The summed E-state index contributed by atoms with van der Waals surface area (Å²) < 4.78 is 32.6. The Morgan fingerprint density at radius 3 is 2.69 bits per heavy atom. The average Bonchev–Trinajstić information content (AvgIpc) is 3.17. The maximum atomic E-state index is 12.6.